The molecule has 0 saturated heterocycles. The van der Waals surface area contributed by atoms with Crippen molar-refractivity contribution >= 4 is 5.91 Å². The van der Waals surface area contributed by atoms with Gasteiger partial charge in [-0.3, -0.25) is 4.79 Å². The Morgan fingerprint density at radius 2 is 1.96 bits per heavy atom. The second-order valence-corrected chi connectivity index (χ2v) is 5.59. The second-order valence-electron chi connectivity index (χ2n) is 5.59. The molecule has 0 spiro atoms. The summed E-state index contributed by atoms with van der Waals surface area (Å²) in [6, 6.07) is 4.82. The van der Waals surface area contributed by atoms with Crippen LogP contribution in [-0.4, -0.2) is 27.4 Å². The predicted octanol–water partition coefficient (Wildman–Crippen LogP) is 3.20. The van der Waals surface area contributed by atoms with Crippen LogP contribution in [0.5, 0.6) is 0 Å². The molecule has 0 aliphatic heterocycles. The predicted molar refractivity (Wildman–Crippen MR) is 78.1 cm³/mol. The molecule has 1 aromatic heterocycles. The summed E-state index contributed by atoms with van der Waals surface area (Å²) in [6.45, 7) is 4.05. The van der Waals surface area contributed by atoms with Gasteiger partial charge in [-0.15, -0.1) is 5.10 Å². The van der Waals surface area contributed by atoms with Crippen LogP contribution < -0.4 is 5.32 Å². The smallest absolute Gasteiger partial charge is 0.351 e. The summed E-state index contributed by atoms with van der Waals surface area (Å²) in [5.74, 6) is -1.62. The van der Waals surface area contributed by atoms with Crippen LogP contribution in [0.25, 0.3) is 5.69 Å². The first-order chi connectivity index (χ1) is 11.2. The quantitative estimate of drug-likeness (QED) is 0.848. The van der Waals surface area contributed by atoms with Crippen molar-refractivity contribution in [2.75, 3.05) is 6.54 Å². The van der Waals surface area contributed by atoms with Crippen LogP contribution in [-0.2, 0) is 6.18 Å². The molecule has 0 saturated carbocycles. The highest BCUT2D eigenvalue weighted by Gasteiger charge is 2.42. The van der Waals surface area contributed by atoms with Gasteiger partial charge in [0, 0.05) is 6.54 Å². The van der Waals surface area contributed by atoms with Crippen molar-refractivity contribution in [1.29, 1.82) is 0 Å². The standard InChI is InChI=1S/C15H16F4N4O/c1-9(2)7-8-20-14(24)12-13(15(17,18)19)23(22-21-12)11-6-4-3-5-10(11)16/h3-6,9H,7-8H2,1-2H3,(H,20,24). The lowest BCUT2D eigenvalue weighted by molar-refractivity contribution is -0.143. The molecule has 0 unspecified atom stereocenters. The minimum absolute atomic E-state index is 0.209. The van der Waals surface area contributed by atoms with Crippen LogP contribution in [0.1, 0.15) is 36.5 Å². The molecule has 2 rings (SSSR count). The van der Waals surface area contributed by atoms with Crippen molar-refractivity contribution in [3.05, 3.63) is 41.5 Å². The first kappa shape index (κ1) is 17.9. The largest absolute Gasteiger partial charge is 0.435 e. The van der Waals surface area contributed by atoms with Gasteiger partial charge < -0.3 is 5.32 Å². The molecular weight excluding hydrogens is 328 g/mol. The first-order valence-corrected chi connectivity index (χ1v) is 7.27. The highest BCUT2D eigenvalue weighted by Crippen LogP contribution is 2.33. The Morgan fingerprint density at radius 1 is 1.29 bits per heavy atom. The molecule has 1 amide bonds. The van der Waals surface area contributed by atoms with Crippen LogP contribution in [0.15, 0.2) is 24.3 Å². The molecule has 0 aliphatic carbocycles. The molecule has 24 heavy (non-hydrogen) atoms. The van der Waals surface area contributed by atoms with Crippen LogP contribution in [0.4, 0.5) is 17.6 Å². The van der Waals surface area contributed by atoms with Gasteiger partial charge in [0.25, 0.3) is 5.91 Å². The van der Waals surface area contributed by atoms with Gasteiger partial charge in [-0.1, -0.05) is 31.2 Å². The lowest BCUT2D eigenvalue weighted by Gasteiger charge is -2.12. The molecule has 0 atom stereocenters. The number of para-hydroxylation sites is 1. The number of hydrogen-bond acceptors (Lipinski definition) is 3. The van der Waals surface area contributed by atoms with E-state index in [1.54, 1.807) is 0 Å². The third kappa shape index (κ3) is 3.90. The average Bonchev–Trinajstić information content (AvgIpc) is 2.92. The normalized spacial score (nSPS) is 11.8. The first-order valence-electron chi connectivity index (χ1n) is 7.27. The molecule has 0 bridgehead atoms. The van der Waals surface area contributed by atoms with Crippen molar-refractivity contribution in [2.45, 2.75) is 26.4 Å². The third-order valence-corrected chi connectivity index (χ3v) is 3.24. The number of carbonyl (C=O) groups excluding carboxylic acids is 1. The van der Waals surface area contributed by atoms with Crippen molar-refractivity contribution < 1.29 is 22.4 Å². The summed E-state index contributed by atoms with van der Waals surface area (Å²) in [6.07, 6.45) is -4.31. The summed E-state index contributed by atoms with van der Waals surface area (Å²) in [4.78, 5) is 12.0. The number of carbonyl (C=O) groups is 1. The fourth-order valence-corrected chi connectivity index (χ4v) is 2.04. The van der Waals surface area contributed by atoms with Gasteiger partial charge >= 0.3 is 6.18 Å². The van der Waals surface area contributed by atoms with E-state index in [-0.39, 0.29) is 12.5 Å². The topological polar surface area (TPSA) is 59.8 Å². The third-order valence-electron chi connectivity index (χ3n) is 3.24. The van der Waals surface area contributed by atoms with E-state index in [4.69, 9.17) is 0 Å². The minimum atomic E-state index is -4.92. The molecule has 0 fully saturated rings. The van der Waals surface area contributed by atoms with Gasteiger partial charge in [0.1, 0.15) is 11.5 Å². The molecule has 9 heteroatoms. The lowest BCUT2D eigenvalue weighted by Crippen LogP contribution is -2.28. The molecule has 5 nitrogen and oxygen atoms in total. The van der Waals surface area contributed by atoms with E-state index in [1.807, 2.05) is 13.8 Å². The highest BCUT2D eigenvalue weighted by molar-refractivity contribution is 5.93. The Labute approximate surface area is 135 Å². The highest BCUT2D eigenvalue weighted by atomic mass is 19.4. The molecular formula is C15H16F4N4O. The summed E-state index contributed by atoms with van der Waals surface area (Å²) in [5, 5.41) is 9.01. The fourth-order valence-electron chi connectivity index (χ4n) is 2.04. The Kier molecular flexibility index (Phi) is 5.20. The van der Waals surface area contributed by atoms with Crippen LogP contribution in [0.3, 0.4) is 0 Å². The lowest BCUT2D eigenvalue weighted by atomic mass is 10.1. The fraction of sp³-hybridized carbons (Fsp3) is 0.400. The summed E-state index contributed by atoms with van der Waals surface area (Å²) in [5.41, 5.74) is -2.72. The van der Waals surface area contributed by atoms with Crippen LogP contribution in [0, 0.1) is 11.7 Å². The Bertz CT molecular complexity index is 725. The maximum absolute atomic E-state index is 13.8. The number of hydrogen-bond donors (Lipinski definition) is 1. The van der Waals surface area contributed by atoms with E-state index >= 15 is 0 Å². The van der Waals surface area contributed by atoms with Gasteiger partial charge in [0.05, 0.1) is 0 Å². The Hall–Kier alpha value is -2.45. The van der Waals surface area contributed by atoms with Crippen molar-refractivity contribution in [3.63, 3.8) is 0 Å². The van der Waals surface area contributed by atoms with Gasteiger partial charge in [0.15, 0.2) is 11.4 Å². The van der Waals surface area contributed by atoms with Gasteiger partial charge in [-0.25, -0.2) is 9.07 Å². The van der Waals surface area contributed by atoms with Crippen molar-refractivity contribution in [3.8, 4) is 5.69 Å². The summed E-state index contributed by atoms with van der Waals surface area (Å²) in [7, 11) is 0. The van der Waals surface area contributed by atoms with E-state index in [0.29, 0.717) is 11.1 Å². The van der Waals surface area contributed by atoms with Crippen LogP contribution in [0.2, 0.25) is 0 Å². The number of alkyl halides is 3. The molecule has 0 radical (unpaired) electrons. The van der Waals surface area contributed by atoms with E-state index in [9.17, 15) is 22.4 Å². The molecule has 0 aliphatic rings. The summed E-state index contributed by atoms with van der Waals surface area (Å²) >= 11 is 0. The van der Waals surface area contributed by atoms with E-state index in [1.165, 1.54) is 12.1 Å². The van der Waals surface area contributed by atoms with E-state index < -0.39 is 35.0 Å². The monoisotopic (exact) mass is 344 g/mol. The van der Waals surface area contributed by atoms with E-state index in [0.717, 1.165) is 12.1 Å². The second kappa shape index (κ2) is 6.98. The number of amides is 1. The summed E-state index contributed by atoms with van der Waals surface area (Å²) < 4.78 is 54.2. The average molecular weight is 344 g/mol. The zero-order chi connectivity index (χ0) is 17.9. The van der Waals surface area contributed by atoms with Crippen molar-refractivity contribution in [1.82, 2.24) is 20.3 Å². The number of benzene rings is 1. The van der Waals surface area contributed by atoms with Crippen molar-refractivity contribution in [2.24, 2.45) is 5.92 Å². The molecule has 1 heterocycles. The van der Waals surface area contributed by atoms with Gasteiger partial charge in [-0.05, 0) is 24.5 Å². The zero-order valence-corrected chi connectivity index (χ0v) is 13.1. The zero-order valence-electron chi connectivity index (χ0n) is 13.1. The molecule has 2 aromatic rings. The minimum Gasteiger partial charge on any atom is -0.351 e. The van der Waals surface area contributed by atoms with Crippen LogP contribution >= 0.6 is 0 Å². The molecule has 130 valence electrons. The number of halogens is 4. The Morgan fingerprint density at radius 3 is 2.54 bits per heavy atom. The number of aromatic nitrogens is 3. The molecule has 1 aromatic carbocycles. The Balaban J connectivity index is 2.41. The van der Waals surface area contributed by atoms with Gasteiger partial charge in [-0.2, -0.15) is 13.2 Å². The number of rotatable bonds is 5. The number of nitrogens with one attached hydrogen (secondary N) is 1. The number of nitrogens with zero attached hydrogens (tertiary/aromatic N) is 3. The SMILES string of the molecule is CC(C)CCNC(=O)c1nnn(-c2ccccc2F)c1C(F)(F)F. The maximum atomic E-state index is 13.8. The van der Waals surface area contributed by atoms with E-state index in [2.05, 4.69) is 15.6 Å². The maximum Gasteiger partial charge on any atom is 0.435 e. The van der Waals surface area contributed by atoms with Gasteiger partial charge in [0.2, 0.25) is 0 Å². The molecule has 1 N–H and O–H groups in total.